The van der Waals surface area contributed by atoms with Crippen molar-refractivity contribution >= 4 is 22.6 Å². The number of rotatable bonds is 14. The van der Waals surface area contributed by atoms with Crippen LogP contribution in [-0.2, 0) is 18.9 Å². The van der Waals surface area contributed by atoms with Crippen molar-refractivity contribution in [3.8, 4) is 0 Å². The molecule has 0 rings (SSSR count). The van der Waals surface area contributed by atoms with Crippen LogP contribution in [0.3, 0.4) is 0 Å². The maximum absolute atomic E-state index is 5.67. The summed E-state index contributed by atoms with van der Waals surface area (Å²) in [5, 5.41) is 0. The molecule has 19 heavy (non-hydrogen) atoms. The molecule has 0 aliphatic carbocycles. The number of halogens is 1. The highest BCUT2D eigenvalue weighted by atomic mass is 127. The summed E-state index contributed by atoms with van der Waals surface area (Å²) in [6.07, 6.45) is 2.29. The lowest BCUT2D eigenvalue weighted by atomic mass is 10.2. The molecule has 0 fully saturated rings. The smallest absolute Gasteiger partial charge is 0.0716 e. The van der Waals surface area contributed by atoms with Gasteiger partial charge in [-0.25, -0.2) is 0 Å². The quantitative estimate of drug-likeness (QED) is 0.260. The summed E-state index contributed by atoms with van der Waals surface area (Å²) < 4.78 is 22.8. The molecule has 0 saturated heterocycles. The first kappa shape index (κ1) is 19.6. The maximum atomic E-state index is 5.67. The zero-order chi connectivity index (χ0) is 14.4. The van der Waals surface area contributed by atoms with Gasteiger partial charge in [0.1, 0.15) is 0 Å². The van der Waals surface area contributed by atoms with Gasteiger partial charge in [0.15, 0.2) is 0 Å². The summed E-state index contributed by atoms with van der Waals surface area (Å²) in [6, 6.07) is 0. The van der Waals surface area contributed by atoms with E-state index in [0.29, 0.717) is 39.6 Å². The average molecular weight is 388 g/mol. The highest BCUT2D eigenvalue weighted by molar-refractivity contribution is 14.1. The van der Waals surface area contributed by atoms with Crippen molar-refractivity contribution in [2.75, 3.05) is 50.7 Å². The molecule has 0 spiro atoms. The molecule has 0 aromatic heterocycles. The fraction of sp³-hybridized carbons (Fsp3) is 1.00. The summed E-state index contributed by atoms with van der Waals surface area (Å²) >= 11 is 2.33. The molecule has 0 amide bonds. The van der Waals surface area contributed by atoms with E-state index < -0.39 is 0 Å². The molecule has 0 N–H and O–H groups in total. The average Bonchev–Trinajstić information content (AvgIpc) is 2.40. The number of hydrogen-bond donors (Lipinski definition) is 0. The van der Waals surface area contributed by atoms with Crippen LogP contribution >= 0.6 is 22.6 Å². The number of alkyl halides is 1. The Morgan fingerprint density at radius 1 is 0.789 bits per heavy atom. The minimum absolute atomic E-state index is 0.0593. The first-order chi connectivity index (χ1) is 9.12. The van der Waals surface area contributed by atoms with Gasteiger partial charge in [0.05, 0.1) is 45.2 Å². The van der Waals surface area contributed by atoms with Gasteiger partial charge in [-0.2, -0.15) is 0 Å². The van der Waals surface area contributed by atoms with Crippen LogP contribution in [0.25, 0.3) is 0 Å². The molecule has 4 nitrogen and oxygen atoms in total. The largest absolute Gasteiger partial charge is 0.379 e. The molecular formula is C14H29IO4. The highest BCUT2D eigenvalue weighted by Crippen LogP contribution is 2.11. The van der Waals surface area contributed by atoms with E-state index in [1.807, 2.05) is 0 Å². The Bertz CT molecular complexity index is 188. The molecular weight excluding hydrogens is 359 g/mol. The van der Waals surface area contributed by atoms with Crippen LogP contribution in [-0.4, -0.2) is 56.3 Å². The molecule has 0 aliphatic heterocycles. The van der Waals surface area contributed by atoms with Gasteiger partial charge in [-0.05, 0) is 20.3 Å². The van der Waals surface area contributed by atoms with Crippen LogP contribution in [0.15, 0.2) is 0 Å². The van der Waals surface area contributed by atoms with Crippen molar-refractivity contribution in [1.29, 1.82) is 0 Å². The highest BCUT2D eigenvalue weighted by Gasteiger charge is 2.15. The molecule has 0 saturated carbocycles. The molecule has 0 unspecified atom stereocenters. The van der Waals surface area contributed by atoms with Crippen LogP contribution in [0.4, 0.5) is 0 Å². The van der Waals surface area contributed by atoms with Crippen LogP contribution < -0.4 is 0 Å². The van der Waals surface area contributed by atoms with E-state index in [2.05, 4.69) is 43.4 Å². The van der Waals surface area contributed by atoms with Gasteiger partial charge in [-0.1, -0.05) is 35.9 Å². The predicted molar refractivity (Wildman–Crippen MR) is 86.3 cm³/mol. The topological polar surface area (TPSA) is 36.9 Å². The van der Waals surface area contributed by atoms with Crippen LogP contribution in [0, 0.1) is 0 Å². The minimum Gasteiger partial charge on any atom is -0.379 e. The van der Waals surface area contributed by atoms with Crippen LogP contribution in [0.5, 0.6) is 0 Å². The molecule has 5 heteroatoms. The Balaban J connectivity index is 3.07. The summed E-state index contributed by atoms with van der Waals surface area (Å²) in [5.74, 6) is 0. The van der Waals surface area contributed by atoms with Crippen molar-refractivity contribution in [3.05, 3.63) is 0 Å². The second-order valence-corrected chi connectivity index (χ2v) is 5.70. The summed E-state index contributed by atoms with van der Waals surface area (Å²) in [6.45, 7) is 11.0. The van der Waals surface area contributed by atoms with Crippen molar-refractivity contribution in [3.63, 3.8) is 0 Å². The van der Waals surface area contributed by atoms with E-state index in [1.165, 1.54) is 6.42 Å². The Labute approximate surface area is 131 Å². The van der Waals surface area contributed by atoms with Gasteiger partial charge >= 0.3 is 0 Å². The predicted octanol–water partition coefficient (Wildman–Crippen LogP) is 3.07. The molecule has 0 aromatic carbocycles. The molecule has 0 aromatic rings. The molecule has 0 heterocycles. The number of unbranched alkanes of at least 4 members (excludes halogenated alkanes) is 1. The normalized spacial score (nSPS) is 12.0. The zero-order valence-corrected chi connectivity index (χ0v) is 14.7. The van der Waals surface area contributed by atoms with Crippen LogP contribution in [0.1, 0.15) is 33.6 Å². The fourth-order valence-corrected chi connectivity index (χ4v) is 1.42. The van der Waals surface area contributed by atoms with E-state index in [1.54, 1.807) is 0 Å². The molecule has 0 bridgehead atoms. The van der Waals surface area contributed by atoms with Crippen LogP contribution in [0.2, 0.25) is 0 Å². The van der Waals surface area contributed by atoms with Crippen molar-refractivity contribution in [2.45, 2.75) is 39.2 Å². The maximum Gasteiger partial charge on any atom is 0.0716 e. The Morgan fingerprint density at radius 3 is 1.74 bits per heavy atom. The second kappa shape index (κ2) is 13.5. The van der Waals surface area contributed by atoms with E-state index in [4.69, 9.17) is 18.9 Å². The summed E-state index contributed by atoms with van der Waals surface area (Å²) in [5.41, 5.74) is -0.0593. The van der Waals surface area contributed by atoms with E-state index in [-0.39, 0.29) is 5.60 Å². The summed E-state index contributed by atoms with van der Waals surface area (Å²) in [7, 11) is 0. The molecule has 0 atom stereocenters. The fourth-order valence-electron chi connectivity index (χ4n) is 1.20. The van der Waals surface area contributed by atoms with E-state index in [0.717, 1.165) is 17.5 Å². The lowest BCUT2D eigenvalue weighted by molar-refractivity contribution is -0.0416. The third-order valence-corrected chi connectivity index (χ3v) is 4.27. The number of ether oxygens (including phenoxy) is 4. The standard InChI is InChI=1S/C14H29IO4/c1-4-5-6-16-7-8-17-9-10-18-11-12-19-14(2,3)13-15/h4-13H2,1-3H3. The van der Waals surface area contributed by atoms with E-state index in [9.17, 15) is 0 Å². The molecule has 0 aliphatic rings. The monoisotopic (exact) mass is 388 g/mol. The van der Waals surface area contributed by atoms with Gasteiger partial charge in [0.25, 0.3) is 0 Å². The number of hydrogen-bond acceptors (Lipinski definition) is 4. The Morgan fingerprint density at radius 2 is 1.26 bits per heavy atom. The van der Waals surface area contributed by atoms with Crippen molar-refractivity contribution < 1.29 is 18.9 Å². The van der Waals surface area contributed by atoms with Crippen molar-refractivity contribution in [2.24, 2.45) is 0 Å². The van der Waals surface area contributed by atoms with Gasteiger partial charge in [0.2, 0.25) is 0 Å². The SMILES string of the molecule is CCCCOCCOCCOCCOC(C)(C)CI. The zero-order valence-electron chi connectivity index (χ0n) is 12.6. The summed E-state index contributed by atoms with van der Waals surface area (Å²) in [4.78, 5) is 0. The third-order valence-electron chi connectivity index (χ3n) is 2.43. The van der Waals surface area contributed by atoms with Crippen molar-refractivity contribution in [1.82, 2.24) is 0 Å². The minimum atomic E-state index is -0.0593. The molecule has 0 radical (unpaired) electrons. The van der Waals surface area contributed by atoms with Gasteiger partial charge in [0, 0.05) is 11.0 Å². The Hall–Kier alpha value is 0.570. The van der Waals surface area contributed by atoms with Gasteiger partial charge in [-0.3, -0.25) is 0 Å². The first-order valence-corrected chi connectivity index (χ1v) is 8.58. The Kier molecular flexibility index (Phi) is 14.0. The van der Waals surface area contributed by atoms with Gasteiger partial charge in [-0.15, -0.1) is 0 Å². The third kappa shape index (κ3) is 14.8. The first-order valence-electron chi connectivity index (χ1n) is 7.05. The lowest BCUT2D eigenvalue weighted by Crippen LogP contribution is -2.28. The lowest BCUT2D eigenvalue weighted by Gasteiger charge is -2.22. The van der Waals surface area contributed by atoms with E-state index >= 15 is 0 Å². The van der Waals surface area contributed by atoms with Gasteiger partial charge < -0.3 is 18.9 Å². The second-order valence-electron chi connectivity index (χ2n) is 4.93. The molecule has 116 valence electrons.